The molecule has 2 aliphatic rings. The van der Waals surface area contributed by atoms with E-state index in [0.29, 0.717) is 19.4 Å². The summed E-state index contributed by atoms with van der Waals surface area (Å²) in [5.74, 6) is -1.59. The van der Waals surface area contributed by atoms with Crippen LogP contribution < -0.4 is 0 Å². The van der Waals surface area contributed by atoms with Crippen LogP contribution in [0.15, 0.2) is 12.2 Å². The fraction of sp³-hybridized carbons (Fsp3) is 0.571. The quantitative estimate of drug-likeness (QED) is 0.504. The Kier molecular flexibility index (Phi) is 4.65. The molecule has 0 spiro atoms. The van der Waals surface area contributed by atoms with E-state index in [1.807, 2.05) is 0 Å². The van der Waals surface area contributed by atoms with E-state index in [1.54, 1.807) is 6.08 Å². The van der Waals surface area contributed by atoms with Crippen molar-refractivity contribution in [2.24, 2.45) is 5.92 Å². The van der Waals surface area contributed by atoms with Gasteiger partial charge in [0, 0.05) is 18.9 Å². The highest BCUT2D eigenvalue weighted by Gasteiger charge is 2.29. The van der Waals surface area contributed by atoms with Crippen LogP contribution in [0.5, 0.6) is 0 Å². The molecule has 1 saturated heterocycles. The molecule has 108 valence electrons. The highest BCUT2D eigenvalue weighted by molar-refractivity contribution is 6.00. The minimum Gasteiger partial charge on any atom is -0.465 e. The van der Waals surface area contributed by atoms with Gasteiger partial charge in [0.05, 0.1) is 18.9 Å². The molecule has 0 saturated carbocycles. The molecule has 2 heterocycles. The van der Waals surface area contributed by atoms with Crippen LogP contribution in [-0.4, -0.2) is 36.2 Å². The van der Waals surface area contributed by atoms with Crippen LogP contribution in [-0.2, 0) is 28.7 Å². The smallest absolute Gasteiger partial charge is 0.331 e. The van der Waals surface area contributed by atoms with E-state index in [2.05, 4.69) is 0 Å². The normalized spacial score (nSPS) is 24.6. The number of rotatable bonds is 7. The van der Waals surface area contributed by atoms with Crippen molar-refractivity contribution < 1.29 is 28.7 Å². The summed E-state index contributed by atoms with van der Waals surface area (Å²) in [4.78, 5) is 45.3. The number of ketones is 2. The molecule has 0 N–H and O–H groups in total. The Morgan fingerprint density at radius 3 is 2.65 bits per heavy atom. The van der Waals surface area contributed by atoms with Crippen molar-refractivity contribution in [1.29, 1.82) is 0 Å². The number of cyclic esters (lactones) is 2. The second-order valence-electron chi connectivity index (χ2n) is 4.98. The number of hydrogen-bond donors (Lipinski definition) is 0. The predicted octanol–water partition coefficient (Wildman–Crippen LogP) is 0.730. The zero-order valence-corrected chi connectivity index (χ0v) is 11.0. The first-order chi connectivity index (χ1) is 9.54. The minimum absolute atomic E-state index is 0.0723. The molecule has 2 aliphatic heterocycles. The van der Waals surface area contributed by atoms with Crippen molar-refractivity contribution in [3.05, 3.63) is 12.2 Å². The Bertz CT molecular complexity index is 464. The molecule has 0 aromatic heterocycles. The second kappa shape index (κ2) is 6.45. The molecule has 0 aromatic carbocycles. The van der Waals surface area contributed by atoms with Crippen LogP contribution in [0.1, 0.15) is 32.1 Å². The molecule has 6 heteroatoms. The van der Waals surface area contributed by atoms with E-state index in [1.165, 1.54) is 6.08 Å². The lowest BCUT2D eigenvalue weighted by atomic mass is 9.97. The topological polar surface area (TPSA) is 86.7 Å². The maximum atomic E-state index is 11.7. The van der Waals surface area contributed by atoms with Crippen LogP contribution >= 0.6 is 0 Å². The van der Waals surface area contributed by atoms with E-state index in [4.69, 9.17) is 9.47 Å². The van der Waals surface area contributed by atoms with E-state index >= 15 is 0 Å². The summed E-state index contributed by atoms with van der Waals surface area (Å²) in [6.07, 6.45) is 3.57. The Labute approximate surface area is 116 Å². The Morgan fingerprint density at radius 1 is 1.25 bits per heavy atom. The Balaban J connectivity index is 1.66. The third-order valence-corrected chi connectivity index (χ3v) is 3.33. The molecule has 1 fully saturated rings. The standard InChI is InChI=1S/C14H16O6/c15-10(1-2-12-3-4-13(17)20-12)8-11(16)7-9-5-6-19-14(9)18/h3-4,9,12H,1-2,5-8H2/t9-,12?/m1/s1. The van der Waals surface area contributed by atoms with Crippen molar-refractivity contribution in [2.75, 3.05) is 6.61 Å². The molecule has 0 bridgehead atoms. The highest BCUT2D eigenvalue weighted by Crippen LogP contribution is 2.19. The monoisotopic (exact) mass is 280 g/mol. The Morgan fingerprint density at radius 2 is 2.05 bits per heavy atom. The lowest BCUT2D eigenvalue weighted by molar-refractivity contribution is -0.143. The minimum atomic E-state index is -0.404. The largest absolute Gasteiger partial charge is 0.465 e. The summed E-state index contributed by atoms with van der Waals surface area (Å²) in [7, 11) is 0. The summed E-state index contributed by atoms with van der Waals surface area (Å²) in [6.45, 7) is 0.351. The maximum absolute atomic E-state index is 11.7. The first-order valence-corrected chi connectivity index (χ1v) is 6.63. The van der Waals surface area contributed by atoms with Gasteiger partial charge in [0.25, 0.3) is 0 Å². The van der Waals surface area contributed by atoms with Crippen LogP contribution in [0, 0.1) is 5.92 Å². The number of carbonyl (C=O) groups excluding carboxylic acids is 4. The van der Waals surface area contributed by atoms with Gasteiger partial charge in [0.1, 0.15) is 17.7 Å². The van der Waals surface area contributed by atoms with E-state index in [0.717, 1.165) is 0 Å². The lowest BCUT2D eigenvalue weighted by Gasteiger charge is -2.07. The average molecular weight is 280 g/mol. The van der Waals surface area contributed by atoms with Gasteiger partial charge in [0.15, 0.2) is 0 Å². The first-order valence-electron chi connectivity index (χ1n) is 6.63. The van der Waals surface area contributed by atoms with Crippen molar-refractivity contribution in [1.82, 2.24) is 0 Å². The molecule has 0 amide bonds. The molecule has 20 heavy (non-hydrogen) atoms. The molecule has 0 aromatic rings. The van der Waals surface area contributed by atoms with Crippen molar-refractivity contribution in [3.8, 4) is 0 Å². The zero-order valence-electron chi connectivity index (χ0n) is 11.0. The van der Waals surface area contributed by atoms with Crippen molar-refractivity contribution >= 4 is 23.5 Å². The number of esters is 2. The van der Waals surface area contributed by atoms with Gasteiger partial charge in [0.2, 0.25) is 0 Å². The zero-order chi connectivity index (χ0) is 14.5. The fourth-order valence-corrected chi connectivity index (χ4v) is 2.25. The molecule has 2 atom stereocenters. The third kappa shape index (κ3) is 4.01. The molecular weight excluding hydrogens is 264 g/mol. The van der Waals surface area contributed by atoms with Gasteiger partial charge in [-0.05, 0) is 18.9 Å². The molecule has 0 radical (unpaired) electrons. The number of carbonyl (C=O) groups is 4. The first kappa shape index (κ1) is 14.4. The fourth-order valence-electron chi connectivity index (χ4n) is 2.25. The van der Waals surface area contributed by atoms with Gasteiger partial charge in [-0.25, -0.2) is 4.79 Å². The highest BCUT2D eigenvalue weighted by atomic mass is 16.5. The van der Waals surface area contributed by atoms with Crippen LogP contribution in [0.2, 0.25) is 0 Å². The summed E-state index contributed by atoms with van der Waals surface area (Å²) >= 11 is 0. The van der Waals surface area contributed by atoms with Crippen LogP contribution in [0.4, 0.5) is 0 Å². The van der Waals surface area contributed by atoms with Crippen LogP contribution in [0.25, 0.3) is 0 Å². The SMILES string of the molecule is O=C(CCC1C=CC(=O)O1)CC(=O)C[C@H]1CCOC1=O. The van der Waals surface area contributed by atoms with Gasteiger partial charge in [-0.1, -0.05) is 0 Å². The van der Waals surface area contributed by atoms with Crippen molar-refractivity contribution in [2.45, 2.75) is 38.2 Å². The van der Waals surface area contributed by atoms with Gasteiger partial charge < -0.3 is 9.47 Å². The Hall–Kier alpha value is -1.98. The summed E-state index contributed by atoms with van der Waals surface area (Å²) in [5.41, 5.74) is 0. The number of ether oxygens (including phenoxy) is 2. The van der Waals surface area contributed by atoms with E-state index in [9.17, 15) is 19.2 Å². The summed E-state index contributed by atoms with van der Waals surface area (Å²) in [5, 5.41) is 0. The van der Waals surface area contributed by atoms with E-state index in [-0.39, 0.29) is 42.9 Å². The third-order valence-electron chi connectivity index (χ3n) is 3.33. The van der Waals surface area contributed by atoms with E-state index < -0.39 is 11.9 Å². The van der Waals surface area contributed by atoms with Crippen LogP contribution in [0.3, 0.4) is 0 Å². The van der Waals surface area contributed by atoms with Gasteiger partial charge in [-0.3, -0.25) is 14.4 Å². The average Bonchev–Trinajstić information content (AvgIpc) is 2.97. The number of hydrogen-bond acceptors (Lipinski definition) is 6. The maximum Gasteiger partial charge on any atom is 0.331 e. The summed E-state index contributed by atoms with van der Waals surface area (Å²) < 4.78 is 9.65. The van der Waals surface area contributed by atoms with Gasteiger partial charge in [-0.15, -0.1) is 0 Å². The predicted molar refractivity (Wildman–Crippen MR) is 66.6 cm³/mol. The lowest BCUT2D eigenvalue weighted by Crippen LogP contribution is -2.17. The molecule has 6 nitrogen and oxygen atoms in total. The van der Waals surface area contributed by atoms with Gasteiger partial charge in [-0.2, -0.15) is 0 Å². The second-order valence-corrected chi connectivity index (χ2v) is 4.98. The molecular formula is C14H16O6. The molecule has 1 unspecified atom stereocenters. The molecule has 2 rings (SSSR count). The number of Topliss-reactive ketones (excluding diaryl/α,β-unsaturated/α-hetero) is 2. The van der Waals surface area contributed by atoms with Gasteiger partial charge >= 0.3 is 11.9 Å². The summed E-state index contributed by atoms with van der Waals surface area (Å²) in [6, 6.07) is 0. The van der Waals surface area contributed by atoms with Crippen molar-refractivity contribution in [3.63, 3.8) is 0 Å². The molecule has 0 aliphatic carbocycles.